The lowest BCUT2D eigenvalue weighted by Gasteiger charge is -1.90. The molecule has 0 aromatic carbocycles. The van der Waals surface area contributed by atoms with Crippen molar-refractivity contribution in [3.63, 3.8) is 0 Å². The lowest BCUT2D eigenvalue weighted by Crippen LogP contribution is -2.00. The van der Waals surface area contributed by atoms with Crippen LogP contribution in [0, 0.1) is 0 Å². The van der Waals surface area contributed by atoms with Gasteiger partial charge in [-0.15, -0.1) is 5.11 Å². The summed E-state index contributed by atoms with van der Waals surface area (Å²) >= 11 is 0. The Kier molecular flexibility index (Phi) is 0.742. The largest absolute Gasteiger partial charge is 0.375 e. The predicted molar refractivity (Wildman–Crippen MR) is 20.3 cm³/mol. The molecule has 0 saturated heterocycles. The van der Waals surface area contributed by atoms with Gasteiger partial charge in [-0.1, -0.05) is 0 Å². The van der Waals surface area contributed by atoms with Gasteiger partial charge in [0.25, 0.3) is 0 Å². The third-order valence-corrected chi connectivity index (χ3v) is 0.624. The molecule has 3 nitrogen and oxygen atoms in total. The summed E-state index contributed by atoms with van der Waals surface area (Å²) in [6, 6.07) is 0. The zero-order valence-corrected chi connectivity index (χ0v) is 3.59. The van der Waals surface area contributed by atoms with Crippen LogP contribution in [0.4, 0.5) is 0 Å². The Morgan fingerprint density at radius 3 is 2.83 bits per heavy atom. The Labute approximate surface area is 36.0 Å². The molecule has 0 aromatic rings. The first-order chi connectivity index (χ1) is 2.89. The molecule has 0 radical (unpaired) electrons. The summed E-state index contributed by atoms with van der Waals surface area (Å²) in [5, 5.41) is 6.86. The molecule has 0 fully saturated rings. The smallest absolute Gasteiger partial charge is 0.147 e. The van der Waals surface area contributed by atoms with Gasteiger partial charge in [0.15, 0.2) is 0 Å². The zero-order chi connectivity index (χ0) is 4.41. The summed E-state index contributed by atoms with van der Waals surface area (Å²) < 4.78 is 0. The van der Waals surface area contributed by atoms with Crippen LogP contribution in [0.25, 0.3) is 0 Å². The van der Waals surface area contributed by atoms with Gasteiger partial charge in [0, 0.05) is 5.28 Å². The van der Waals surface area contributed by atoms with Crippen LogP contribution in [-0.2, 0) is 4.84 Å². The minimum Gasteiger partial charge on any atom is -0.375 e. The second-order valence-corrected chi connectivity index (χ2v) is 1.32. The third-order valence-electron chi connectivity index (χ3n) is 0.624. The molecule has 6 heavy (non-hydrogen) atoms. The molecule has 0 aromatic heterocycles. The molecule has 1 heterocycles. The molecule has 0 N–H and O–H groups in total. The van der Waals surface area contributed by atoms with E-state index in [4.69, 9.17) is 0 Å². The Hall–Kier alpha value is -0.600. The van der Waals surface area contributed by atoms with Crippen molar-refractivity contribution in [2.75, 3.05) is 6.54 Å². The monoisotopic (exact) mass is 86.0 g/mol. The van der Waals surface area contributed by atoms with Crippen molar-refractivity contribution in [3.05, 3.63) is 0 Å². The Morgan fingerprint density at radius 1 is 1.83 bits per heavy atom. The van der Waals surface area contributed by atoms with Gasteiger partial charge in [0.05, 0.1) is 0 Å². The van der Waals surface area contributed by atoms with Crippen LogP contribution in [0.2, 0.25) is 0 Å². The highest BCUT2D eigenvalue weighted by Crippen LogP contribution is 1.99. The molecule has 0 amide bonds. The molecule has 3 heteroatoms. The van der Waals surface area contributed by atoms with Crippen LogP contribution >= 0.6 is 0 Å². The van der Waals surface area contributed by atoms with Crippen molar-refractivity contribution in [2.24, 2.45) is 10.4 Å². The van der Waals surface area contributed by atoms with E-state index in [-0.39, 0.29) is 6.10 Å². The minimum absolute atomic E-state index is 0.213. The van der Waals surface area contributed by atoms with Crippen molar-refractivity contribution >= 4 is 0 Å². The first-order valence-corrected chi connectivity index (χ1v) is 1.92. The van der Waals surface area contributed by atoms with Crippen molar-refractivity contribution in [1.29, 1.82) is 0 Å². The minimum atomic E-state index is 0.213. The summed E-state index contributed by atoms with van der Waals surface area (Å²) in [6.07, 6.45) is 0.213. The van der Waals surface area contributed by atoms with Crippen LogP contribution in [-0.4, -0.2) is 12.6 Å². The molecular weight excluding hydrogens is 80.0 g/mol. The van der Waals surface area contributed by atoms with Gasteiger partial charge in [-0.3, -0.25) is 0 Å². The average molecular weight is 86.1 g/mol. The van der Waals surface area contributed by atoms with Crippen LogP contribution in [0.1, 0.15) is 6.92 Å². The fourth-order valence-corrected chi connectivity index (χ4v) is 0.295. The first-order valence-electron chi connectivity index (χ1n) is 1.92. The highest BCUT2D eigenvalue weighted by atomic mass is 16.7. The molecule has 1 rings (SSSR count). The average Bonchev–Trinajstić information content (AvgIpc) is 1.86. The predicted octanol–water partition coefficient (Wildman–Crippen LogP) is 0.772. The lowest BCUT2D eigenvalue weighted by molar-refractivity contribution is 0.104. The highest BCUT2D eigenvalue weighted by Gasteiger charge is 2.04. The lowest BCUT2D eigenvalue weighted by atomic mass is 10.4. The van der Waals surface area contributed by atoms with E-state index in [9.17, 15) is 0 Å². The van der Waals surface area contributed by atoms with Crippen molar-refractivity contribution in [1.82, 2.24) is 0 Å². The van der Waals surface area contributed by atoms with E-state index in [1.807, 2.05) is 6.92 Å². The third kappa shape index (κ3) is 0.478. The molecule has 0 unspecified atom stereocenters. The quantitative estimate of drug-likeness (QED) is 0.428. The normalized spacial score (nSPS) is 30.5. The van der Waals surface area contributed by atoms with E-state index >= 15 is 0 Å². The Balaban J connectivity index is 2.32. The number of rotatable bonds is 0. The van der Waals surface area contributed by atoms with Crippen LogP contribution in [0.3, 0.4) is 0 Å². The molecular formula is C3H6N2O. The van der Waals surface area contributed by atoms with Crippen molar-refractivity contribution in [3.8, 4) is 0 Å². The molecule has 34 valence electrons. The van der Waals surface area contributed by atoms with E-state index in [1.54, 1.807) is 0 Å². The molecule has 0 saturated carbocycles. The number of hydrogen-bond acceptors (Lipinski definition) is 3. The maximum atomic E-state index is 4.61. The second-order valence-electron chi connectivity index (χ2n) is 1.32. The van der Waals surface area contributed by atoms with Gasteiger partial charge in [-0.2, -0.15) is 0 Å². The number of hydrogen-bond donors (Lipinski definition) is 0. The van der Waals surface area contributed by atoms with Gasteiger partial charge < -0.3 is 4.84 Å². The van der Waals surface area contributed by atoms with E-state index in [1.165, 1.54) is 0 Å². The van der Waals surface area contributed by atoms with Gasteiger partial charge in [0.1, 0.15) is 12.6 Å². The zero-order valence-electron chi connectivity index (χ0n) is 3.59. The Morgan fingerprint density at radius 2 is 2.67 bits per heavy atom. The fraction of sp³-hybridized carbons (Fsp3) is 1.00. The Bertz CT molecular complexity index is 63.2. The molecule has 0 spiro atoms. The summed E-state index contributed by atoms with van der Waals surface area (Å²) in [4.78, 5) is 4.61. The molecule has 1 atom stereocenters. The maximum absolute atomic E-state index is 4.61. The number of nitrogens with zero attached hydrogens (tertiary/aromatic N) is 2. The highest BCUT2D eigenvalue weighted by molar-refractivity contribution is 4.52. The van der Waals surface area contributed by atoms with Crippen LogP contribution < -0.4 is 0 Å². The SMILES string of the molecule is C[C@@H]1CN=NO1. The van der Waals surface area contributed by atoms with E-state index in [2.05, 4.69) is 15.2 Å². The van der Waals surface area contributed by atoms with Gasteiger partial charge >= 0.3 is 0 Å². The summed E-state index contributed by atoms with van der Waals surface area (Å²) in [5.74, 6) is 0. The topological polar surface area (TPSA) is 34.0 Å². The van der Waals surface area contributed by atoms with E-state index in [0.29, 0.717) is 0 Å². The maximum Gasteiger partial charge on any atom is 0.147 e. The molecule has 1 aliphatic rings. The summed E-state index contributed by atoms with van der Waals surface area (Å²) in [7, 11) is 0. The molecule has 1 aliphatic heterocycles. The first kappa shape index (κ1) is 3.59. The van der Waals surface area contributed by atoms with Gasteiger partial charge in [-0.05, 0) is 6.92 Å². The van der Waals surface area contributed by atoms with Crippen molar-refractivity contribution < 1.29 is 4.84 Å². The molecule has 0 bridgehead atoms. The van der Waals surface area contributed by atoms with E-state index < -0.39 is 0 Å². The van der Waals surface area contributed by atoms with Gasteiger partial charge in [-0.25, -0.2) is 0 Å². The molecule has 0 aliphatic carbocycles. The summed E-state index contributed by atoms with van der Waals surface area (Å²) in [6.45, 7) is 2.65. The fourth-order valence-electron chi connectivity index (χ4n) is 0.295. The van der Waals surface area contributed by atoms with Gasteiger partial charge in [0.2, 0.25) is 0 Å². The second kappa shape index (κ2) is 1.24. The summed E-state index contributed by atoms with van der Waals surface area (Å²) in [5.41, 5.74) is 0. The van der Waals surface area contributed by atoms with Crippen molar-refractivity contribution in [2.45, 2.75) is 13.0 Å². The van der Waals surface area contributed by atoms with Crippen LogP contribution in [0.15, 0.2) is 10.4 Å². The van der Waals surface area contributed by atoms with Crippen LogP contribution in [0.5, 0.6) is 0 Å². The van der Waals surface area contributed by atoms with E-state index in [0.717, 1.165) is 6.54 Å². The standard InChI is InChI=1S/C3H6N2O/c1-3-2-4-5-6-3/h3H,2H2,1H3/t3-/m1/s1.